The summed E-state index contributed by atoms with van der Waals surface area (Å²) in [5.74, 6) is 0.0294. The molecule has 1 fully saturated rings. The number of likely N-dealkylation sites (tertiary alicyclic amines) is 1. The van der Waals surface area contributed by atoms with Crippen LogP contribution in [0, 0.1) is 0 Å². The van der Waals surface area contributed by atoms with Crippen molar-refractivity contribution >= 4 is 21.8 Å². The summed E-state index contributed by atoms with van der Waals surface area (Å²) in [6, 6.07) is 8.56. The fourth-order valence-electron chi connectivity index (χ4n) is 3.33. The van der Waals surface area contributed by atoms with Gasteiger partial charge in [0.05, 0.1) is 12.3 Å². The Hall–Kier alpha value is -3.15. The SMILES string of the molecule is CS(=O)(=O)Nc1ccc(Oc2ccc(OC(F)(F)F)cc2)c(C2CCCN2C(=O)O)c1. The van der Waals surface area contributed by atoms with Crippen molar-refractivity contribution in [1.82, 2.24) is 4.90 Å². The van der Waals surface area contributed by atoms with Crippen molar-refractivity contribution in [3.8, 4) is 17.2 Å². The highest BCUT2D eigenvalue weighted by Gasteiger charge is 2.33. The van der Waals surface area contributed by atoms with E-state index in [1.807, 2.05) is 0 Å². The molecule has 1 heterocycles. The minimum absolute atomic E-state index is 0.194. The molecule has 2 aromatic rings. The van der Waals surface area contributed by atoms with Crippen molar-refractivity contribution in [2.24, 2.45) is 0 Å². The summed E-state index contributed by atoms with van der Waals surface area (Å²) in [5.41, 5.74) is 0.667. The number of alkyl halides is 3. The van der Waals surface area contributed by atoms with Crippen LogP contribution in [0.1, 0.15) is 24.4 Å². The number of hydrogen-bond acceptors (Lipinski definition) is 5. The van der Waals surface area contributed by atoms with Gasteiger partial charge < -0.3 is 19.5 Å². The van der Waals surface area contributed by atoms with Gasteiger partial charge in [0.25, 0.3) is 0 Å². The van der Waals surface area contributed by atoms with E-state index < -0.39 is 34.3 Å². The third kappa shape index (κ3) is 6.17. The first-order valence-electron chi connectivity index (χ1n) is 9.06. The van der Waals surface area contributed by atoms with Crippen LogP contribution in [0.15, 0.2) is 42.5 Å². The number of amides is 1. The van der Waals surface area contributed by atoms with Crippen LogP contribution in [0.2, 0.25) is 0 Å². The highest BCUT2D eigenvalue weighted by atomic mass is 32.2. The van der Waals surface area contributed by atoms with Crippen molar-refractivity contribution in [3.05, 3.63) is 48.0 Å². The predicted molar refractivity (Wildman–Crippen MR) is 105 cm³/mol. The fraction of sp³-hybridized carbons (Fsp3) is 0.316. The Morgan fingerprint density at radius 1 is 1.16 bits per heavy atom. The van der Waals surface area contributed by atoms with Crippen LogP contribution in [0.5, 0.6) is 17.2 Å². The molecule has 2 N–H and O–H groups in total. The molecular weight excluding hydrogens is 441 g/mol. The smallest absolute Gasteiger partial charge is 0.465 e. The van der Waals surface area contributed by atoms with Gasteiger partial charge in [0.15, 0.2) is 0 Å². The third-order valence-electron chi connectivity index (χ3n) is 4.46. The lowest BCUT2D eigenvalue weighted by Gasteiger charge is -2.24. The van der Waals surface area contributed by atoms with E-state index in [1.54, 1.807) is 0 Å². The summed E-state index contributed by atoms with van der Waals surface area (Å²) in [4.78, 5) is 12.8. The maximum Gasteiger partial charge on any atom is 0.573 e. The van der Waals surface area contributed by atoms with E-state index in [0.717, 1.165) is 18.4 Å². The van der Waals surface area contributed by atoms with Crippen molar-refractivity contribution in [1.29, 1.82) is 0 Å². The second-order valence-electron chi connectivity index (χ2n) is 6.88. The second-order valence-corrected chi connectivity index (χ2v) is 8.63. The van der Waals surface area contributed by atoms with Crippen molar-refractivity contribution in [3.63, 3.8) is 0 Å². The van der Waals surface area contributed by atoms with E-state index in [9.17, 15) is 31.5 Å². The van der Waals surface area contributed by atoms with E-state index >= 15 is 0 Å². The molecule has 1 atom stereocenters. The minimum Gasteiger partial charge on any atom is -0.465 e. The zero-order valence-electron chi connectivity index (χ0n) is 16.2. The van der Waals surface area contributed by atoms with Gasteiger partial charge in [-0.2, -0.15) is 0 Å². The van der Waals surface area contributed by atoms with Gasteiger partial charge in [0.2, 0.25) is 10.0 Å². The number of benzene rings is 2. The van der Waals surface area contributed by atoms with Gasteiger partial charge in [0.1, 0.15) is 17.2 Å². The average Bonchev–Trinajstić information content (AvgIpc) is 3.12. The molecule has 8 nitrogen and oxygen atoms in total. The highest BCUT2D eigenvalue weighted by molar-refractivity contribution is 7.92. The molecule has 1 aliphatic heterocycles. The number of halogens is 3. The molecule has 2 aromatic carbocycles. The summed E-state index contributed by atoms with van der Waals surface area (Å²) < 4.78 is 72.0. The number of sulfonamides is 1. The van der Waals surface area contributed by atoms with Gasteiger partial charge in [-0.25, -0.2) is 13.2 Å². The first kappa shape index (κ1) is 22.5. The van der Waals surface area contributed by atoms with Crippen LogP contribution in [-0.4, -0.2) is 43.7 Å². The number of nitrogens with one attached hydrogen (secondary N) is 1. The molecule has 0 aliphatic carbocycles. The molecular formula is C19H19F3N2O6S. The van der Waals surface area contributed by atoms with E-state index in [-0.39, 0.29) is 17.2 Å². The molecule has 12 heteroatoms. The van der Waals surface area contributed by atoms with Crippen molar-refractivity contribution in [2.75, 3.05) is 17.5 Å². The Kier molecular flexibility index (Phi) is 6.20. The zero-order valence-corrected chi connectivity index (χ0v) is 17.0. The van der Waals surface area contributed by atoms with Crippen molar-refractivity contribution < 1.29 is 41.0 Å². The molecule has 3 rings (SSSR count). The topological polar surface area (TPSA) is 105 Å². The minimum atomic E-state index is -4.82. The number of carboxylic acid groups (broad SMARTS) is 1. The van der Waals surface area contributed by atoms with Crippen LogP contribution in [0.4, 0.5) is 23.7 Å². The van der Waals surface area contributed by atoms with Crippen LogP contribution in [0.3, 0.4) is 0 Å². The molecule has 1 amide bonds. The quantitative estimate of drug-likeness (QED) is 0.655. The van der Waals surface area contributed by atoms with Gasteiger partial charge >= 0.3 is 12.5 Å². The summed E-state index contributed by atoms with van der Waals surface area (Å²) in [5, 5.41) is 9.47. The number of ether oxygens (including phenoxy) is 2. The van der Waals surface area contributed by atoms with Crippen LogP contribution in [0.25, 0.3) is 0 Å². The van der Waals surface area contributed by atoms with Crippen molar-refractivity contribution in [2.45, 2.75) is 25.2 Å². The normalized spacial score (nSPS) is 16.8. The largest absolute Gasteiger partial charge is 0.573 e. The summed E-state index contributed by atoms with van der Waals surface area (Å²) >= 11 is 0. The Bertz CT molecular complexity index is 1060. The highest BCUT2D eigenvalue weighted by Crippen LogP contribution is 2.40. The molecule has 1 aliphatic rings. The fourth-order valence-corrected chi connectivity index (χ4v) is 3.89. The van der Waals surface area contributed by atoms with Gasteiger partial charge in [-0.05, 0) is 55.3 Å². The third-order valence-corrected chi connectivity index (χ3v) is 5.06. The van der Waals surface area contributed by atoms with Crippen LogP contribution >= 0.6 is 0 Å². The number of hydrogen-bond donors (Lipinski definition) is 2. The van der Waals surface area contributed by atoms with Gasteiger partial charge in [-0.3, -0.25) is 4.72 Å². The Morgan fingerprint density at radius 2 is 1.81 bits per heavy atom. The van der Waals surface area contributed by atoms with E-state index in [2.05, 4.69) is 9.46 Å². The predicted octanol–water partition coefficient (Wildman–Crippen LogP) is 4.56. The number of nitrogens with zero attached hydrogens (tertiary/aromatic N) is 1. The zero-order chi connectivity index (χ0) is 22.8. The van der Waals surface area contributed by atoms with Crippen LogP contribution in [-0.2, 0) is 10.0 Å². The summed E-state index contributed by atoms with van der Waals surface area (Å²) in [6.07, 6.45) is -3.84. The standard InChI is InChI=1S/C19H19F3N2O6S/c1-31(27,28)23-12-4-9-17(15(11-12)16-3-2-10-24(16)18(25)26)29-13-5-7-14(8-6-13)30-19(20,21)22/h4-9,11,16,23H,2-3,10H2,1H3,(H,25,26). The van der Waals surface area contributed by atoms with E-state index in [1.165, 1.54) is 35.2 Å². The Morgan fingerprint density at radius 3 is 2.39 bits per heavy atom. The summed E-state index contributed by atoms with van der Waals surface area (Å²) in [6.45, 7) is 0.312. The van der Waals surface area contributed by atoms with Gasteiger partial charge in [-0.1, -0.05) is 0 Å². The first-order chi connectivity index (χ1) is 14.4. The maximum atomic E-state index is 12.3. The number of carbonyl (C=O) groups is 1. The lowest BCUT2D eigenvalue weighted by Crippen LogP contribution is -2.29. The maximum absolute atomic E-state index is 12.3. The average molecular weight is 460 g/mol. The monoisotopic (exact) mass is 460 g/mol. The molecule has 0 bridgehead atoms. The molecule has 168 valence electrons. The molecule has 0 saturated carbocycles. The lowest BCUT2D eigenvalue weighted by atomic mass is 10.0. The number of rotatable bonds is 6. The Labute approximate surface area is 176 Å². The molecule has 0 radical (unpaired) electrons. The van der Waals surface area contributed by atoms with Crippen LogP contribution < -0.4 is 14.2 Å². The number of anilines is 1. The first-order valence-corrected chi connectivity index (χ1v) is 11.0. The van der Waals surface area contributed by atoms with E-state index in [4.69, 9.17) is 4.74 Å². The molecule has 31 heavy (non-hydrogen) atoms. The Balaban J connectivity index is 1.92. The lowest BCUT2D eigenvalue weighted by molar-refractivity contribution is -0.274. The van der Waals surface area contributed by atoms with E-state index in [0.29, 0.717) is 24.9 Å². The molecule has 1 unspecified atom stereocenters. The molecule has 1 saturated heterocycles. The summed E-state index contributed by atoms with van der Waals surface area (Å²) in [7, 11) is -3.57. The molecule has 0 spiro atoms. The second kappa shape index (κ2) is 8.53. The van der Waals surface area contributed by atoms with Gasteiger partial charge in [-0.15, -0.1) is 13.2 Å². The molecule has 0 aromatic heterocycles. The van der Waals surface area contributed by atoms with Gasteiger partial charge in [0, 0.05) is 17.8 Å².